The van der Waals surface area contributed by atoms with E-state index in [0.717, 1.165) is 63.4 Å². The highest BCUT2D eigenvalue weighted by atomic mass is 16.2. The van der Waals surface area contributed by atoms with E-state index in [2.05, 4.69) is 32.5 Å². The zero-order chi connectivity index (χ0) is 17.1. The largest absolute Gasteiger partial charge is 0.339 e. The van der Waals surface area contributed by atoms with Gasteiger partial charge in [0.15, 0.2) is 0 Å². The van der Waals surface area contributed by atoms with E-state index in [4.69, 9.17) is 0 Å². The standard InChI is InChI=1S/C19H25N5O/c25-18(24-12-8-20-9-13-24)14-23-10-6-16-17(7-11-23)21-22-19(16)15-4-2-1-3-5-15/h1-5,20H,6-14H2,(H,21,22). The highest BCUT2D eigenvalue weighted by Gasteiger charge is 2.23. The van der Waals surface area contributed by atoms with Crippen molar-refractivity contribution in [3.05, 3.63) is 41.6 Å². The Hall–Kier alpha value is -2.18. The first-order chi connectivity index (χ1) is 12.3. The van der Waals surface area contributed by atoms with E-state index in [1.807, 2.05) is 23.1 Å². The van der Waals surface area contributed by atoms with Crippen LogP contribution >= 0.6 is 0 Å². The number of hydrogen-bond donors (Lipinski definition) is 2. The zero-order valence-electron chi connectivity index (χ0n) is 14.5. The third-order valence-corrected chi connectivity index (χ3v) is 5.18. The number of nitrogens with zero attached hydrogens (tertiary/aromatic N) is 3. The number of amides is 1. The van der Waals surface area contributed by atoms with Crippen molar-refractivity contribution in [1.29, 1.82) is 0 Å². The fraction of sp³-hybridized carbons (Fsp3) is 0.474. The van der Waals surface area contributed by atoms with Crippen LogP contribution in [0.5, 0.6) is 0 Å². The fourth-order valence-corrected chi connectivity index (χ4v) is 3.73. The number of benzene rings is 1. The van der Waals surface area contributed by atoms with Crippen LogP contribution in [0.2, 0.25) is 0 Å². The molecule has 1 amide bonds. The lowest BCUT2D eigenvalue weighted by atomic mass is 10.0. The molecule has 2 N–H and O–H groups in total. The monoisotopic (exact) mass is 339 g/mol. The van der Waals surface area contributed by atoms with Gasteiger partial charge in [0.25, 0.3) is 0 Å². The van der Waals surface area contributed by atoms with E-state index >= 15 is 0 Å². The number of carbonyl (C=O) groups is 1. The number of H-pyrrole nitrogens is 1. The van der Waals surface area contributed by atoms with Crippen LogP contribution in [0.1, 0.15) is 11.3 Å². The van der Waals surface area contributed by atoms with Gasteiger partial charge in [-0.05, 0) is 6.42 Å². The summed E-state index contributed by atoms with van der Waals surface area (Å²) >= 11 is 0. The lowest BCUT2D eigenvalue weighted by molar-refractivity contribution is -0.133. The number of nitrogens with one attached hydrogen (secondary N) is 2. The first-order valence-corrected chi connectivity index (χ1v) is 9.13. The van der Waals surface area contributed by atoms with Crippen LogP contribution in [-0.2, 0) is 17.6 Å². The molecule has 2 aliphatic rings. The Balaban J connectivity index is 1.42. The maximum atomic E-state index is 12.5. The molecule has 1 aromatic heterocycles. The maximum absolute atomic E-state index is 12.5. The SMILES string of the molecule is O=C(CN1CCc2[nH]nc(-c3ccccc3)c2CC1)N1CCNCC1. The van der Waals surface area contributed by atoms with Crippen molar-refractivity contribution in [3.8, 4) is 11.3 Å². The summed E-state index contributed by atoms with van der Waals surface area (Å²) in [6, 6.07) is 10.3. The average molecular weight is 339 g/mol. The van der Waals surface area contributed by atoms with Crippen molar-refractivity contribution in [2.45, 2.75) is 12.8 Å². The van der Waals surface area contributed by atoms with Gasteiger partial charge in [-0.2, -0.15) is 5.10 Å². The van der Waals surface area contributed by atoms with Gasteiger partial charge in [0.05, 0.1) is 12.2 Å². The summed E-state index contributed by atoms with van der Waals surface area (Å²) in [5.74, 6) is 0.258. The van der Waals surface area contributed by atoms with Gasteiger partial charge in [-0.3, -0.25) is 14.8 Å². The lowest BCUT2D eigenvalue weighted by Crippen LogP contribution is -2.49. The van der Waals surface area contributed by atoms with E-state index in [0.29, 0.717) is 6.54 Å². The number of hydrogen-bond acceptors (Lipinski definition) is 4. The Morgan fingerprint density at radius 1 is 1.04 bits per heavy atom. The molecule has 0 aliphatic carbocycles. The number of fused-ring (bicyclic) bond motifs is 1. The molecule has 25 heavy (non-hydrogen) atoms. The summed E-state index contributed by atoms with van der Waals surface area (Å²) in [5.41, 5.74) is 4.75. The van der Waals surface area contributed by atoms with Crippen molar-refractivity contribution >= 4 is 5.91 Å². The van der Waals surface area contributed by atoms with Gasteiger partial charge in [0, 0.05) is 62.5 Å². The maximum Gasteiger partial charge on any atom is 0.236 e. The Labute approximate surface area is 148 Å². The number of aromatic amines is 1. The molecule has 0 radical (unpaired) electrons. The van der Waals surface area contributed by atoms with E-state index in [-0.39, 0.29) is 5.91 Å². The molecule has 1 aromatic carbocycles. The van der Waals surface area contributed by atoms with Gasteiger partial charge in [-0.1, -0.05) is 30.3 Å². The molecule has 1 fully saturated rings. The first-order valence-electron chi connectivity index (χ1n) is 9.13. The van der Waals surface area contributed by atoms with Crippen molar-refractivity contribution in [3.63, 3.8) is 0 Å². The summed E-state index contributed by atoms with van der Waals surface area (Å²) in [6.45, 7) is 5.80. The smallest absolute Gasteiger partial charge is 0.236 e. The van der Waals surface area contributed by atoms with Crippen molar-refractivity contribution in [2.75, 3.05) is 45.8 Å². The molecule has 0 bridgehead atoms. The predicted molar refractivity (Wildman–Crippen MR) is 97.3 cm³/mol. The number of piperazine rings is 1. The Bertz CT molecular complexity index is 721. The van der Waals surface area contributed by atoms with E-state index in [1.54, 1.807) is 0 Å². The fourth-order valence-electron chi connectivity index (χ4n) is 3.73. The summed E-state index contributed by atoms with van der Waals surface area (Å²) in [6.07, 6.45) is 1.86. The Kier molecular flexibility index (Phi) is 4.81. The predicted octanol–water partition coefficient (Wildman–Crippen LogP) is 0.909. The topological polar surface area (TPSA) is 64.3 Å². The van der Waals surface area contributed by atoms with Gasteiger partial charge in [0.2, 0.25) is 5.91 Å². The first kappa shape index (κ1) is 16.3. The van der Waals surface area contributed by atoms with Gasteiger partial charge in [-0.25, -0.2) is 0 Å². The molecular formula is C19H25N5O. The van der Waals surface area contributed by atoms with Gasteiger partial charge in [-0.15, -0.1) is 0 Å². The highest BCUT2D eigenvalue weighted by molar-refractivity contribution is 5.78. The Morgan fingerprint density at radius 2 is 1.80 bits per heavy atom. The minimum Gasteiger partial charge on any atom is -0.339 e. The minimum atomic E-state index is 0.258. The van der Waals surface area contributed by atoms with Crippen molar-refractivity contribution in [2.24, 2.45) is 0 Å². The molecule has 0 spiro atoms. The molecule has 0 saturated carbocycles. The number of aromatic nitrogens is 2. The van der Waals surface area contributed by atoms with Crippen LogP contribution in [0, 0.1) is 0 Å². The molecule has 0 unspecified atom stereocenters. The van der Waals surface area contributed by atoms with E-state index in [9.17, 15) is 4.79 Å². The molecule has 2 aliphatic heterocycles. The number of rotatable bonds is 3. The van der Waals surface area contributed by atoms with Gasteiger partial charge < -0.3 is 10.2 Å². The normalized spacial score (nSPS) is 18.6. The third kappa shape index (κ3) is 3.60. The van der Waals surface area contributed by atoms with E-state index in [1.165, 1.54) is 11.3 Å². The van der Waals surface area contributed by atoms with Crippen LogP contribution in [-0.4, -0.2) is 71.7 Å². The molecule has 6 heteroatoms. The van der Waals surface area contributed by atoms with Crippen LogP contribution in [0.25, 0.3) is 11.3 Å². The molecule has 4 rings (SSSR count). The molecule has 2 aromatic rings. The molecule has 6 nitrogen and oxygen atoms in total. The highest BCUT2D eigenvalue weighted by Crippen LogP contribution is 2.26. The Morgan fingerprint density at radius 3 is 2.60 bits per heavy atom. The molecular weight excluding hydrogens is 314 g/mol. The molecule has 3 heterocycles. The molecule has 1 saturated heterocycles. The van der Waals surface area contributed by atoms with Crippen molar-refractivity contribution < 1.29 is 4.79 Å². The van der Waals surface area contributed by atoms with Gasteiger partial charge in [0.1, 0.15) is 0 Å². The van der Waals surface area contributed by atoms with E-state index < -0.39 is 0 Å². The van der Waals surface area contributed by atoms with Crippen LogP contribution < -0.4 is 5.32 Å². The van der Waals surface area contributed by atoms with Crippen molar-refractivity contribution in [1.82, 2.24) is 25.3 Å². The molecule has 0 atom stereocenters. The summed E-state index contributed by atoms with van der Waals surface area (Å²) < 4.78 is 0. The average Bonchev–Trinajstić information content (AvgIpc) is 2.98. The zero-order valence-corrected chi connectivity index (χ0v) is 14.5. The second-order valence-corrected chi connectivity index (χ2v) is 6.80. The summed E-state index contributed by atoms with van der Waals surface area (Å²) in [7, 11) is 0. The summed E-state index contributed by atoms with van der Waals surface area (Å²) in [5, 5.41) is 11.1. The van der Waals surface area contributed by atoms with Crippen LogP contribution in [0.3, 0.4) is 0 Å². The second kappa shape index (κ2) is 7.37. The lowest BCUT2D eigenvalue weighted by Gasteiger charge is -2.30. The second-order valence-electron chi connectivity index (χ2n) is 6.80. The van der Waals surface area contributed by atoms with Gasteiger partial charge >= 0.3 is 0 Å². The molecule has 132 valence electrons. The quantitative estimate of drug-likeness (QED) is 0.872. The summed E-state index contributed by atoms with van der Waals surface area (Å²) in [4.78, 5) is 16.8. The third-order valence-electron chi connectivity index (χ3n) is 5.18. The van der Waals surface area contributed by atoms with Crippen LogP contribution in [0.4, 0.5) is 0 Å². The number of carbonyl (C=O) groups excluding carboxylic acids is 1. The van der Waals surface area contributed by atoms with Crippen LogP contribution in [0.15, 0.2) is 30.3 Å². The minimum absolute atomic E-state index is 0.258.